The normalized spacial score (nSPS) is 14.3. The summed E-state index contributed by atoms with van der Waals surface area (Å²) < 4.78 is 13.0. The molecule has 0 bridgehead atoms. The van der Waals surface area contributed by atoms with E-state index in [1.165, 1.54) is 12.1 Å². The van der Waals surface area contributed by atoms with E-state index in [-0.39, 0.29) is 5.82 Å². The summed E-state index contributed by atoms with van der Waals surface area (Å²) in [6, 6.07) is 7.88. The molecule has 0 aliphatic carbocycles. The van der Waals surface area contributed by atoms with Crippen LogP contribution in [0, 0.1) is 5.82 Å². The maximum absolute atomic E-state index is 13.0. The van der Waals surface area contributed by atoms with Gasteiger partial charge in [0.2, 0.25) is 11.9 Å². The number of benzene rings is 1. The van der Waals surface area contributed by atoms with Gasteiger partial charge in [0, 0.05) is 44.3 Å². The summed E-state index contributed by atoms with van der Waals surface area (Å²) in [6.07, 6.45) is 5.03. The molecule has 1 aromatic carbocycles. The van der Waals surface area contributed by atoms with Gasteiger partial charge in [-0.1, -0.05) is 0 Å². The number of hydrogen-bond acceptors (Lipinski definition) is 8. The van der Waals surface area contributed by atoms with E-state index in [4.69, 9.17) is 0 Å². The summed E-state index contributed by atoms with van der Waals surface area (Å²) >= 11 is 0. The largest absolute Gasteiger partial charge is 0.339 e. The summed E-state index contributed by atoms with van der Waals surface area (Å²) in [6.45, 7) is 3.06. The first-order valence-corrected chi connectivity index (χ1v) is 8.27. The molecule has 0 amide bonds. The summed E-state index contributed by atoms with van der Waals surface area (Å²) in [5.41, 5.74) is 0.740. The number of halogens is 1. The second kappa shape index (κ2) is 7.26. The van der Waals surface area contributed by atoms with Crippen LogP contribution in [0.25, 0.3) is 0 Å². The molecule has 26 heavy (non-hydrogen) atoms. The third-order valence-electron chi connectivity index (χ3n) is 4.06. The van der Waals surface area contributed by atoms with Crippen LogP contribution in [-0.2, 0) is 0 Å². The molecule has 4 rings (SSSR count). The first-order valence-electron chi connectivity index (χ1n) is 8.27. The first kappa shape index (κ1) is 16.1. The molecule has 0 spiro atoms. The van der Waals surface area contributed by atoms with E-state index in [0.29, 0.717) is 11.8 Å². The minimum absolute atomic E-state index is 0.280. The Morgan fingerprint density at radius 1 is 0.885 bits per heavy atom. The van der Waals surface area contributed by atoms with Crippen molar-refractivity contribution < 1.29 is 4.39 Å². The van der Waals surface area contributed by atoms with Gasteiger partial charge in [0.15, 0.2) is 5.82 Å². The van der Waals surface area contributed by atoms with Gasteiger partial charge in [-0.2, -0.15) is 10.1 Å². The molecule has 0 unspecified atom stereocenters. The highest BCUT2D eigenvalue weighted by molar-refractivity contribution is 5.56. The molecular formula is C17H17FN8. The fourth-order valence-electron chi connectivity index (χ4n) is 2.73. The van der Waals surface area contributed by atoms with Crippen molar-refractivity contribution in [1.82, 2.24) is 25.1 Å². The standard InChI is InChI=1S/C17H17FN8/c18-13-2-4-14(5-3-13)22-15-12-21-24-17(23-15)26-10-8-25(9-11-26)16-19-6-1-7-20-16/h1-7,12H,8-11H2,(H,22,23,24). The maximum atomic E-state index is 13.0. The fraction of sp³-hybridized carbons (Fsp3) is 0.235. The number of piperazine rings is 1. The van der Waals surface area contributed by atoms with Crippen LogP contribution in [0.2, 0.25) is 0 Å². The Morgan fingerprint density at radius 2 is 1.54 bits per heavy atom. The van der Waals surface area contributed by atoms with Gasteiger partial charge in [-0.05, 0) is 30.3 Å². The molecular weight excluding hydrogens is 335 g/mol. The van der Waals surface area contributed by atoms with Gasteiger partial charge in [0.1, 0.15) is 5.82 Å². The molecule has 1 aliphatic heterocycles. The molecule has 0 saturated carbocycles. The van der Waals surface area contributed by atoms with Crippen LogP contribution in [0.15, 0.2) is 48.9 Å². The van der Waals surface area contributed by atoms with Gasteiger partial charge in [0.25, 0.3) is 0 Å². The maximum Gasteiger partial charge on any atom is 0.247 e. The molecule has 1 aliphatic rings. The minimum Gasteiger partial charge on any atom is -0.339 e. The Morgan fingerprint density at radius 3 is 2.23 bits per heavy atom. The topological polar surface area (TPSA) is 83.0 Å². The van der Waals surface area contributed by atoms with Gasteiger partial charge in [-0.25, -0.2) is 14.4 Å². The molecule has 1 N–H and O–H groups in total. The number of hydrogen-bond donors (Lipinski definition) is 1. The summed E-state index contributed by atoms with van der Waals surface area (Å²) in [5, 5.41) is 11.3. The Bertz CT molecular complexity index is 850. The van der Waals surface area contributed by atoms with Crippen molar-refractivity contribution in [3.05, 3.63) is 54.7 Å². The summed E-state index contributed by atoms with van der Waals surface area (Å²) in [4.78, 5) is 17.3. The van der Waals surface area contributed by atoms with E-state index in [1.54, 1.807) is 36.8 Å². The lowest BCUT2D eigenvalue weighted by molar-refractivity contribution is 0.624. The number of nitrogens with zero attached hydrogens (tertiary/aromatic N) is 7. The Kier molecular flexibility index (Phi) is 4.50. The van der Waals surface area contributed by atoms with Crippen LogP contribution >= 0.6 is 0 Å². The van der Waals surface area contributed by atoms with Gasteiger partial charge < -0.3 is 15.1 Å². The zero-order chi connectivity index (χ0) is 17.8. The highest BCUT2D eigenvalue weighted by Gasteiger charge is 2.21. The van der Waals surface area contributed by atoms with Crippen LogP contribution in [0.4, 0.5) is 27.8 Å². The van der Waals surface area contributed by atoms with Crippen molar-refractivity contribution in [3.63, 3.8) is 0 Å². The number of anilines is 4. The fourth-order valence-corrected chi connectivity index (χ4v) is 2.73. The van der Waals surface area contributed by atoms with Crippen molar-refractivity contribution in [3.8, 4) is 0 Å². The highest BCUT2D eigenvalue weighted by atomic mass is 19.1. The van der Waals surface area contributed by atoms with Gasteiger partial charge in [-0.15, -0.1) is 5.10 Å². The van der Waals surface area contributed by atoms with Crippen LogP contribution in [0.3, 0.4) is 0 Å². The predicted molar refractivity (Wildman–Crippen MR) is 96.0 cm³/mol. The van der Waals surface area contributed by atoms with E-state index >= 15 is 0 Å². The molecule has 1 saturated heterocycles. The van der Waals surface area contributed by atoms with E-state index < -0.39 is 0 Å². The van der Waals surface area contributed by atoms with Crippen LogP contribution in [0.1, 0.15) is 0 Å². The number of rotatable bonds is 4. The average Bonchev–Trinajstić information content (AvgIpc) is 2.71. The Labute approximate surface area is 149 Å². The lowest BCUT2D eigenvalue weighted by Gasteiger charge is -2.34. The van der Waals surface area contributed by atoms with Gasteiger partial charge in [-0.3, -0.25) is 0 Å². The van der Waals surface area contributed by atoms with Crippen molar-refractivity contribution in [2.45, 2.75) is 0 Å². The SMILES string of the molecule is Fc1ccc(Nc2cnnc(N3CCN(c4ncccn4)CC3)n2)cc1. The van der Waals surface area contributed by atoms with Gasteiger partial charge >= 0.3 is 0 Å². The van der Waals surface area contributed by atoms with E-state index in [1.807, 2.05) is 0 Å². The molecule has 1 fully saturated rings. The van der Waals surface area contributed by atoms with E-state index in [2.05, 4.69) is 40.3 Å². The van der Waals surface area contributed by atoms with Crippen molar-refractivity contribution >= 4 is 23.4 Å². The molecule has 9 heteroatoms. The highest BCUT2D eigenvalue weighted by Crippen LogP contribution is 2.18. The van der Waals surface area contributed by atoms with Crippen molar-refractivity contribution in [1.29, 1.82) is 0 Å². The Balaban J connectivity index is 1.42. The monoisotopic (exact) mass is 352 g/mol. The van der Waals surface area contributed by atoms with Crippen molar-refractivity contribution in [2.75, 3.05) is 41.3 Å². The first-order chi connectivity index (χ1) is 12.8. The molecule has 2 aromatic heterocycles. The number of aromatic nitrogens is 5. The summed E-state index contributed by atoms with van der Waals surface area (Å²) in [5.74, 6) is 1.58. The van der Waals surface area contributed by atoms with E-state index in [9.17, 15) is 4.39 Å². The zero-order valence-electron chi connectivity index (χ0n) is 14.0. The lowest BCUT2D eigenvalue weighted by Crippen LogP contribution is -2.47. The quantitative estimate of drug-likeness (QED) is 0.762. The predicted octanol–water partition coefficient (Wildman–Crippen LogP) is 1.87. The molecule has 3 aromatic rings. The van der Waals surface area contributed by atoms with Gasteiger partial charge in [0.05, 0.1) is 6.20 Å². The average molecular weight is 352 g/mol. The second-order valence-corrected chi connectivity index (χ2v) is 5.80. The zero-order valence-corrected chi connectivity index (χ0v) is 14.0. The van der Waals surface area contributed by atoms with Crippen LogP contribution in [-0.4, -0.2) is 51.3 Å². The summed E-state index contributed by atoms with van der Waals surface area (Å²) in [7, 11) is 0. The van der Waals surface area contributed by atoms with Crippen molar-refractivity contribution in [2.24, 2.45) is 0 Å². The number of nitrogens with one attached hydrogen (secondary N) is 1. The molecule has 0 atom stereocenters. The van der Waals surface area contributed by atoms with Crippen LogP contribution in [0.5, 0.6) is 0 Å². The smallest absolute Gasteiger partial charge is 0.247 e. The molecule has 8 nitrogen and oxygen atoms in total. The minimum atomic E-state index is -0.280. The molecule has 0 radical (unpaired) electrons. The molecule has 132 valence electrons. The molecule has 3 heterocycles. The van der Waals surface area contributed by atoms with E-state index in [0.717, 1.165) is 37.8 Å². The third-order valence-corrected chi connectivity index (χ3v) is 4.06. The Hall–Kier alpha value is -3.36. The third kappa shape index (κ3) is 3.66. The van der Waals surface area contributed by atoms with Crippen LogP contribution < -0.4 is 15.1 Å². The lowest BCUT2D eigenvalue weighted by atomic mass is 10.3. The second-order valence-electron chi connectivity index (χ2n) is 5.80.